The lowest BCUT2D eigenvalue weighted by atomic mass is 10.1. The summed E-state index contributed by atoms with van der Waals surface area (Å²) < 4.78 is 25.7. The van der Waals surface area contributed by atoms with E-state index in [0.29, 0.717) is 10.7 Å². The van der Waals surface area contributed by atoms with Crippen molar-refractivity contribution in [1.29, 1.82) is 0 Å². The van der Waals surface area contributed by atoms with E-state index in [9.17, 15) is 13.2 Å². The third kappa shape index (κ3) is 5.30. The second kappa shape index (κ2) is 8.66. The first-order valence-electron chi connectivity index (χ1n) is 8.27. The molecule has 0 saturated heterocycles. The van der Waals surface area contributed by atoms with Gasteiger partial charge in [-0.2, -0.15) is 4.31 Å². The van der Waals surface area contributed by atoms with E-state index in [2.05, 4.69) is 5.32 Å². The van der Waals surface area contributed by atoms with E-state index >= 15 is 0 Å². The first-order chi connectivity index (χ1) is 12.2. The zero-order valence-electron chi connectivity index (χ0n) is 15.1. The summed E-state index contributed by atoms with van der Waals surface area (Å²) >= 11 is 6.06. The van der Waals surface area contributed by atoms with Crippen LogP contribution in [0.25, 0.3) is 0 Å². The van der Waals surface area contributed by atoms with Crippen LogP contribution in [0.3, 0.4) is 0 Å². The third-order valence-corrected chi connectivity index (χ3v) is 6.00. The highest BCUT2D eigenvalue weighted by molar-refractivity contribution is 7.88. The van der Waals surface area contributed by atoms with Crippen LogP contribution in [0.1, 0.15) is 30.5 Å². The third-order valence-electron chi connectivity index (χ3n) is 4.24. The molecule has 1 N–H and O–H groups in total. The van der Waals surface area contributed by atoms with Gasteiger partial charge in [0, 0.05) is 29.7 Å². The quantitative estimate of drug-likeness (QED) is 0.771. The van der Waals surface area contributed by atoms with Crippen molar-refractivity contribution in [3.8, 4) is 0 Å². The molecule has 0 aliphatic rings. The van der Waals surface area contributed by atoms with Gasteiger partial charge in [-0.25, -0.2) is 8.42 Å². The van der Waals surface area contributed by atoms with E-state index < -0.39 is 10.0 Å². The molecule has 1 unspecified atom stereocenters. The van der Waals surface area contributed by atoms with E-state index in [4.69, 9.17) is 11.6 Å². The number of hydrogen-bond donors (Lipinski definition) is 1. The minimum atomic E-state index is -3.46. The van der Waals surface area contributed by atoms with Gasteiger partial charge in [-0.3, -0.25) is 4.79 Å². The molecule has 0 aliphatic carbocycles. The molecule has 0 aromatic heterocycles. The van der Waals surface area contributed by atoms with Crippen LogP contribution in [0.15, 0.2) is 48.5 Å². The summed E-state index contributed by atoms with van der Waals surface area (Å²) in [5.41, 5.74) is 2.29. The van der Waals surface area contributed by atoms with Gasteiger partial charge in [0.25, 0.3) is 0 Å². The summed E-state index contributed by atoms with van der Waals surface area (Å²) in [6.45, 7) is 3.73. The maximum absolute atomic E-state index is 12.3. The summed E-state index contributed by atoms with van der Waals surface area (Å²) in [5.74, 6) is -0.260. The number of carbonyl (C=O) groups excluding carboxylic acids is 1. The number of nitrogens with zero attached hydrogens (tertiary/aromatic N) is 1. The Hall–Kier alpha value is -1.89. The fourth-order valence-corrected chi connectivity index (χ4v) is 4.01. The van der Waals surface area contributed by atoms with Crippen molar-refractivity contribution in [3.05, 3.63) is 64.7 Å². The predicted octanol–water partition coefficient (Wildman–Crippen LogP) is 4.00. The molecule has 0 radical (unpaired) electrons. The van der Waals surface area contributed by atoms with Crippen LogP contribution in [0, 0.1) is 6.92 Å². The highest BCUT2D eigenvalue weighted by atomic mass is 35.5. The number of nitrogens with one attached hydrogen (secondary N) is 1. The number of anilines is 1. The molecule has 2 aromatic rings. The van der Waals surface area contributed by atoms with E-state index in [-0.39, 0.29) is 24.9 Å². The second-order valence-electron chi connectivity index (χ2n) is 6.17. The van der Waals surface area contributed by atoms with Crippen LogP contribution in [-0.2, 0) is 14.8 Å². The maximum atomic E-state index is 12.3. The van der Waals surface area contributed by atoms with Crippen molar-refractivity contribution >= 4 is 33.2 Å². The van der Waals surface area contributed by atoms with E-state index in [1.54, 1.807) is 18.2 Å². The van der Waals surface area contributed by atoms with E-state index in [0.717, 1.165) is 17.4 Å². The first kappa shape index (κ1) is 20.4. The minimum absolute atomic E-state index is 0.0518. The average Bonchev–Trinajstić information content (AvgIpc) is 2.58. The van der Waals surface area contributed by atoms with E-state index in [1.165, 1.54) is 4.31 Å². The largest absolute Gasteiger partial charge is 0.326 e. The highest BCUT2D eigenvalue weighted by Gasteiger charge is 2.25. The fraction of sp³-hybridized carbons (Fsp3) is 0.316. The van der Waals surface area contributed by atoms with Gasteiger partial charge >= 0.3 is 0 Å². The summed E-state index contributed by atoms with van der Waals surface area (Å²) in [6.07, 6.45) is 1.21. The molecular formula is C19H23ClN2O3S. The minimum Gasteiger partial charge on any atom is -0.326 e. The molecule has 2 aromatic carbocycles. The summed E-state index contributed by atoms with van der Waals surface area (Å²) in [6, 6.07) is 14.3. The van der Waals surface area contributed by atoms with Crippen molar-refractivity contribution in [2.75, 3.05) is 18.1 Å². The molecule has 1 atom stereocenters. The number of hydrogen-bond acceptors (Lipinski definition) is 3. The molecule has 2 rings (SSSR count). The Labute approximate surface area is 160 Å². The van der Waals surface area contributed by atoms with Crippen molar-refractivity contribution in [1.82, 2.24) is 4.31 Å². The van der Waals surface area contributed by atoms with Crippen molar-refractivity contribution in [2.45, 2.75) is 26.3 Å². The Morgan fingerprint density at radius 2 is 1.81 bits per heavy atom. The van der Waals surface area contributed by atoms with Gasteiger partial charge in [-0.1, -0.05) is 48.0 Å². The number of benzene rings is 2. The topological polar surface area (TPSA) is 66.5 Å². The van der Waals surface area contributed by atoms with Crippen LogP contribution < -0.4 is 5.32 Å². The predicted molar refractivity (Wildman–Crippen MR) is 106 cm³/mol. The van der Waals surface area contributed by atoms with Gasteiger partial charge in [-0.05, 0) is 37.1 Å². The summed E-state index contributed by atoms with van der Waals surface area (Å²) in [7, 11) is -3.46. The molecule has 0 aliphatic heterocycles. The molecule has 5 nitrogen and oxygen atoms in total. The lowest BCUT2D eigenvalue weighted by molar-refractivity contribution is -0.116. The van der Waals surface area contributed by atoms with Crippen LogP contribution in [0.4, 0.5) is 5.69 Å². The molecule has 0 saturated carbocycles. The SMILES string of the molecule is Cc1c(Cl)cccc1NC(=O)CCN(C(C)c1ccccc1)S(C)(=O)=O. The van der Waals surface area contributed by atoms with Crippen molar-refractivity contribution in [3.63, 3.8) is 0 Å². The molecule has 0 spiro atoms. The smallest absolute Gasteiger partial charge is 0.225 e. The van der Waals surface area contributed by atoms with Crippen molar-refractivity contribution < 1.29 is 13.2 Å². The maximum Gasteiger partial charge on any atom is 0.225 e. The number of rotatable bonds is 7. The van der Waals surface area contributed by atoms with Crippen LogP contribution >= 0.6 is 11.6 Å². The Balaban J connectivity index is 2.08. The monoisotopic (exact) mass is 394 g/mol. The standard InChI is InChI=1S/C19H23ClN2O3S/c1-14-17(20)10-7-11-18(14)21-19(23)12-13-22(26(3,24)25)15(2)16-8-5-4-6-9-16/h4-11,15H,12-13H2,1-3H3,(H,21,23). The van der Waals surface area contributed by atoms with Gasteiger partial charge in [-0.15, -0.1) is 0 Å². The second-order valence-corrected chi connectivity index (χ2v) is 8.51. The molecule has 0 heterocycles. The fourth-order valence-electron chi connectivity index (χ4n) is 2.71. The molecule has 0 fully saturated rings. The number of carbonyl (C=O) groups is 1. The summed E-state index contributed by atoms with van der Waals surface area (Å²) in [5, 5.41) is 3.36. The Bertz CT molecular complexity index is 870. The molecule has 0 bridgehead atoms. The average molecular weight is 395 g/mol. The van der Waals surface area contributed by atoms with Gasteiger partial charge in [0.05, 0.1) is 6.26 Å². The zero-order chi connectivity index (χ0) is 19.3. The van der Waals surface area contributed by atoms with Gasteiger partial charge in [0.1, 0.15) is 0 Å². The molecule has 26 heavy (non-hydrogen) atoms. The lowest BCUT2D eigenvalue weighted by Gasteiger charge is -2.27. The van der Waals surface area contributed by atoms with Crippen LogP contribution in [0.2, 0.25) is 5.02 Å². The zero-order valence-corrected chi connectivity index (χ0v) is 16.6. The number of halogens is 1. The molecular weight excluding hydrogens is 372 g/mol. The Morgan fingerprint density at radius 1 is 1.15 bits per heavy atom. The normalized spacial score (nSPS) is 12.8. The van der Waals surface area contributed by atoms with Crippen LogP contribution in [0.5, 0.6) is 0 Å². The molecule has 7 heteroatoms. The summed E-state index contributed by atoms with van der Waals surface area (Å²) in [4.78, 5) is 12.3. The van der Waals surface area contributed by atoms with E-state index in [1.807, 2.05) is 44.2 Å². The van der Waals surface area contributed by atoms with Gasteiger partial charge in [0.2, 0.25) is 15.9 Å². The van der Waals surface area contributed by atoms with Gasteiger partial charge < -0.3 is 5.32 Å². The van der Waals surface area contributed by atoms with Crippen molar-refractivity contribution in [2.24, 2.45) is 0 Å². The Kier molecular flexibility index (Phi) is 6.81. The Morgan fingerprint density at radius 3 is 2.42 bits per heavy atom. The highest BCUT2D eigenvalue weighted by Crippen LogP contribution is 2.24. The molecule has 1 amide bonds. The number of sulfonamides is 1. The first-order valence-corrected chi connectivity index (χ1v) is 10.5. The lowest BCUT2D eigenvalue weighted by Crippen LogP contribution is -2.35. The molecule has 140 valence electrons. The number of amides is 1. The van der Waals surface area contributed by atoms with Crippen LogP contribution in [-0.4, -0.2) is 31.4 Å². The van der Waals surface area contributed by atoms with Gasteiger partial charge in [0.15, 0.2) is 0 Å².